The molecule has 1 N–H and O–H groups in total. The Morgan fingerprint density at radius 3 is 2.67 bits per heavy atom. The van der Waals surface area contributed by atoms with Crippen LogP contribution in [0.5, 0.6) is 0 Å². The molecular weight excluding hydrogens is 328 g/mol. The van der Waals surface area contributed by atoms with Gasteiger partial charge >= 0.3 is 0 Å². The second-order valence-corrected chi connectivity index (χ2v) is 6.52. The highest BCUT2D eigenvalue weighted by Crippen LogP contribution is 2.24. The van der Waals surface area contributed by atoms with Crippen LogP contribution in [0.3, 0.4) is 0 Å². The molecule has 0 radical (unpaired) electrons. The summed E-state index contributed by atoms with van der Waals surface area (Å²) in [7, 11) is 1.65. The van der Waals surface area contributed by atoms with E-state index >= 15 is 0 Å². The number of piperidine rings is 1. The van der Waals surface area contributed by atoms with E-state index in [9.17, 15) is 9.59 Å². The number of amides is 2. The summed E-state index contributed by atoms with van der Waals surface area (Å²) in [4.78, 5) is 26.2. The zero-order valence-corrected chi connectivity index (χ0v) is 14.8. The number of hydrogen-bond donors (Lipinski definition) is 1. The first kappa shape index (κ1) is 18.7. The summed E-state index contributed by atoms with van der Waals surface area (Å²) in [5, 5.41) is 3.40. The fraction of sp³-hybridized carbons (Fsp3) is 0.556. The number of likely N-dealkylation sites (tertiary alicyclic amines) is 1. The molecule has 1 aromatic carbocycles. The van der Waals surface area contributed by atoms with Gasteiger partial charge in [0, 0.05) is 39.8 Å². The van der Waals surface area contributed by atoms with Crippen molar-refractivity contribution in [1.82, 2.24) is 10.2 Å². The first-order valence-electron chi connectivity index (χ1n) is 8.41. The fourth-order valence-corrected chi connectivity index (χ4v) is 3.14. The quantitative estimate of drug-likeness (QED) is 0.767. The van der Waals surface area contributed by atoms with Gasteiger partial charge in [0.05, 0.1) is 10.6 Å². The SMILES string of the molecule is COCCCNC(=O)CC1CCN(C(=O)c2ccccc2Cl)CC1. The second kappa shape index (κ2) is 9.64. The van der Waals surface area contributed by atoms with Crippen molar-refractivity contribution < 1.29 is 14.3 Å². The summed E-state index contributed by atoms with van der Waals surface area (Å²) >= 11 is 6.10. The molecule has 0 bridgehead atoms. The molecule has 1 aliphatic heterocycles. The maximum absolute atomic E-state index is 12.5. The van der Waals surface area contributed by atoms with E-state index in [1.54, 1.807) is 19.2 Å². The second-order valence-electron chi connectivity index (χ2n) is 6.12. The Morgan fingerprint density at radius 2 is 2.00 bits per heavy atom. The maximum Gasteiger partial charge on any atom is 0.255 e. The number of nitrogens with one attached hydrogen (secondary N) is 1. The molecular formula is C18H25ClN2O3. The third kappa shape index (κ3) is 5.49. The zero-order chi connectivity index (χ0) is 17.4. The summed E-state index contributed by atoms with van der Waals surface area (Å²) in [6.07, 6.45) is 3.05. The summed E-state index contributed by atoms with van der Waals surface area (Å²) in [5.74, 6) is 0.396. The minimum absolute atomic E-state index is 0.0249. The van der Waals surface area contributed by atoms with E-state index in [-0.39, 0.29) is 11.8 Å². The van der Waals surface area contributed by atoms with E-state index in [0.717, 1.165) is 19.3 Å². The molecule has 132 valence electrons. The van der Waals surface area contributed by atoms with Crippen LogP contribution in [0, 0.1) is 5.92 Å². The van der Waals surface area contributed by atoms with Crippen LogP contribution in [0.4, 0.5) is 0 Å². The first-order valence-corrected chi connectivity index (χ1v) is 8.79. The van der Waals surface area contributed by atoms with Gasteiger partial charge in [-0.25, -0.2) is 0 Å². The van der Waals surface area contributed by atoms with Crippen LogP contribution in [-0.2, 0) is 9.53 Å². The molecule has 0 spiro atoms. The Kier molecular flexibility index (Phi) is 7.53. The minimum Gasteiger partial charge on any atom is -0.385 e. The molecule has 6 heteroatoms. The molecule has 1 aliphatic rings. The average molecular weight is 353 g/mol. The van der Waals surface area contributed by atoms with Crippen molar-refractivity contribution in [2.45, 2.75) is 25.7 Å². The van der Waals surface area contributed by atoms with Gasteiger partial charge in [-0.05, 0) is 37.3 Å². The lowest BCUT2D eigenvalue weighted by atomic mass is 9.93. The molecule has 5 nitrogen and oxygen atoms in total. The van der Waals surface area contributed by atoms with Crippen LogP contribution in [-0.4, -0.2) is 50.1 Å². The highest BCUT2D eigenvalue weighted by Gasteiger charge is 2.25. The van der Waals surface area contributed by atoms with Crippen molar-refractivity contribution >= 4 is 23.4 Å². The molecule has 1 saturated heterocycles. The molecule has 24 heavy (non-hydrogen) atoms. The predicted molar refractivity (Wildman–Crippen MR) is 94.2 cm³/mol. The van der Waals surface area contributed by atoms with Gasteiger partial charge in [0.1, 0.15) is 0 Å². The summed E-state index contributed by atoms with van der Waals surface area (Å²) < 4.78 is 4.95. The Morgan fingerprint density at radius 1 is 1.29 bits per heavy atom. The van der Waals surface area contributed by atoms with Gasteiger partial charge in [-0.2, -0.15) is 0 Å². The standard InChI is InChI=1S/C18H25ClN2O3/c1-24-12-4-9-20-17(22)13-14-7-10-21(11-8-14)18(23)15-5-2-3-6-16(15)19/h2-3,5-6,14H,4,7-13H2,1H3,(H,20,22). The molecule has 0 unspecified atom stereocenters. The smallest absolute Gasteiger partial charge is 0.255 e. The van der Waals surface area contributed by atoms with Crippen LogP contribution in [0.15, 0.2) is 24.3 Å². The van der Waals surface area contributed by atoms with Crippen LogP contribution < -0.4 is 5.32 Å². The summed E-state index contributed by atoms with van der Waals surface area (Å²) in [6, 6.07) is 7.12. The predicted octanol–water partition coefficient (Wildman–Crippen LogP) is 2.74. The van der Waals surface area contributed by atoms with Gasteiger partial charge in [-0.3, -0.25) is 9.59 Å². The van der Waals surface area contributed by atoms with Crippen molar-refractivity contribution in [3.63, 3.8) is 0 Å². The van der Waals surface area contributed by atoms with Crippen molar-refractivity contribution in [3.8, 4) is 0 Å². The lowest BCUT2D eigenvalue weighted by Gasteiger charge is -2.32. The van der Waals surface area contributed by atoms with Crippen LogP contribution in [0.2, 0.25) is 5.02 Å². The van der Waals surface area contributed by atoms with Gasteiger partial charge < -0.3 is 15.0 Å². The number of hydrogen-bond acceptors (Lipinski definition) is 3. The number of ether oxygens (including phenoxy) is 1. The van der Waals surface area contributed by atoms with Gasteiger partial charge in [-0.1, -0.05) is 23.7 Å². The minimum atomic E-state index is -0.0249. The van der Waals surface area contributed by atoms with Gasteiger partial charge in [0.15, 0.2) is 0 Å². The van der Waals surface area contributed by atoms with Crippen LogP contribution >= 0.6 is 11.6 Å². The number of rotatable bonds is 7. The molecule has 0 aromatic heterocycles. The topological polar surface area (TPSA) is 58.6 Å². The normalized spacial score (nSPS) is 15.3. The van der Waals surface area contributed by atoms with Crippen molar-refractivity contribution in [2.24, 2.45) is 5.92 Å². The Balaban J connectivity index is 1.74. The highest BCUT2D eigenvalue weighted by atomic mass is 35.5. The Labute approximate surface area is 148 Å². The Bertz CT molecular complexity index is 557. The number of carbonyl (C=O) groups excluding carboxylic acids is 2. The fourth-order valence-electron chi connectivity index (χ4n) is 2.92. The molecule has 2 amide bonds. The van der Waals surface area contributed by atoms with Gasteiger partial charge in [0.25, 0.3) is 5.91 Å². The molecule has 1 heterocycles. The zero-order valence-electron chi connectivity index (χ0n) is 14.1. The van der Waals surface area contributed by atoms with E-state index in [4.69, 9.17) is 16.3 Å². The van der Waals surface area contributed by atoms with Crippen LogP contribution in [0.1, 0.15) is 36.0 Å². The molecule has 0 atom stereocenters. The molecule has 2 rings (SSSR count). The number of nitrogens with zero attached hydrogens (tertiary/aromatic N) is 1. The highest BCUT2D eigenvalue weighted by molar-refractivity contribution is 6.33. The van der Waals surface area contributed by atoms with E-state index < -0.39 is 0 Å². The summed E-state index contributed by atoms with van der Waals surface area (Å²) in [5.41, 5.74) is 0.550. The van der Waals surface area contributed by atoms with Crippen molar-refractivity contribution in [1.29, 1.82) is 0 Å². The van der Waals surface area contributed by atoms with E-state index in [0.29, 0.717) is 49.2 Å². The van der Waals surface area contributed by atoms with Gasteiger partial charge in [0.2, 0.25) is 5.91 Å². The molecule has 0 aliphatic carbocycles. The van der Waals surface area contributed by atoms with E-state index in [1.165, 1.54) is 0 Å². The van der Waals surface area contributed by atoms with Crippen LogP contribution in [0.25, 0.3) is 0 Å². The first-order chi connectivity index (χ1) is 11.6. The monoisotopic (exact) mass is 352 g/mol. The van der Waals surface area contributed by atoms with Crippen molar-refractivity contribution in [2.75, 3.05) is 33.4 Å². The van der Waals surface area contributed by atoms with E-state index in [1.807, 2.05) is 17.0 Å². The van der Waals surface area contributed by atoms with Crippen molar-refractivity contribution in [3.05, 3.63) is 34.9 Å². The lowest BCUT2D eigenvalue weighted by molar-refractivity contribution is -0.122. The third-order valence-corrected chi connectivity index (χ3v) is 4.66. The lowest BCUT2D eigenvalue weighted by Crippen LogP contribution is -2.39. The molecule has 0 saturated carbocycles. The molecule has 1 aromatic rings. The average Bonchev–Trinajstić information content (AvgIpc) is 2.59. The number of methoxy groups -OCH3 is 1. The number of halogens is 1. The Hall–Kier alpha value is -1.59. The number of carbonyl (C=O) groups is 2. The number of benzene rings is 1. The van der Waals surface area contributed by atoms with E-state index in [2.05, 4.69) is 5.32 Å². The summed E-state index contributed by atoms with van der Waals surface area (Å²) in [6.45, 7) is 2.65. The maximum atomic E-state index is 12.5. The van der Waals surface area contributed by atoms with Gasteiger partial charge in [-0.15, -0.1) is 0 Å². The third-order valence-electron chi connectivity index (χ3n) is 4.33. The largest absolute Gasteiger partial charge is 0.385 e. The molecule has 1 fully saturated rings.